The molecular weight excluding hydrogens is 832 g/mol. The molecule has 0 saturated carbocycles. The maximum atomic E-state index is 14.3. The number of amides is 4. The number of primary amides is 1. The molecule has 0 aliphatic heterocycles. The summed E-state index contributed by atoms with van der Waals surface area (Å²) in [6, 6.07) is 10.1. The zero-order valence-electron chi connectivity index (χ0n) is 29.6. The van der Waals surface area contributed by atoms with Gasteiger partial charge in [0.15, 0.2) is 0 Å². The van der Waals surface area contributed by atoms with Crippen LogP contribution in [0.2, 0.25) is 0 Å². The van der Waals surface area contributed by atoms with Crippen LogP contribution in [-0.2, 0) is 24.7 Å². The first kappa shape index (κ1) is 43.9. The predicted molar refractivity (Wildman–Crippen MR) is 192 cm³/mol. The smallest absolute Gasteiger partial charge is 0.399 e. The van der Waals surface area contributed by atoms with Crippen LogP contribution >= 0.6 is 0 Å². The van der Waals surface area contributed by atoms with Gasteiger partial charge in [0.05, 0.1) is 56.0 Å². The van der Waals surface area contributed by atoms with Gasteiger partial charge in [0.2, 0.25) is 5.91 Å². The number of para-hydroxylation sites is 1. The minimum atomic E-state index is -5.47. The highest BCUT2D eigenvalue weighted by molar-refractivity contribution is 6.20. The largest absolute Gasteiger partial charge is 0.418 e. The van der Waals surface area contributed by atoms with Crippen molar-refractivity contribution < 1.29 is 71.9 Å². The minimum absolute atomic E-state index is 0.0879. The summed E-state index contributed by atoms with van der Waals surface area (Å²) in [7, 11) is 0. The summed E-state index contributed by atoms with van der Waals surface area (Å²) in [6.07, 6.45) is -20.9. The molecule has 0 saturated heterocycles. The number of carbonyl (C=O) groups excluding carboxylic acids is 4. The van der Waals surface area contributed by atoms with Crippen molar-refractivity contribution in [1.82, 2.24) is 0 Å². The Hall–Kier alpha value is -7.26. The van der Waals surface area contributed by atoms with Gasteiger partial charge >= 0.3 is 24.7 Å². The average Bonchev–Trinajstić information content (AvgIpc) is 3.13. The van der Waals surface area contributed by atoms with Gasteiger partial charge in [-0.15, -0.1) is 0 Å². The van der Waals surface area contributed by atoms with Crippen LogP contribution in [0, 0.1) is 0 Å². The number of anilines is 5. The Bertz CT molecular complexity index is 2550. The van der Waals surface area contributed by atoms with Crippen LogP contribution in [0.15, 0.2) is 91.0 Å². The Balaban J connectivity index is 1.64. The van der Waals surface area contributed by atoms with Crippen LogP contribution in [-0.4, -0.2) is 23.6 Å². The Morgan fingerprint density at radius 1 is 0.433 bits per heavy atom. The van der Waals surface area contributed by atoms with Gasteiger partial charge in [-0.05, 0) is 77.9 Å². The molecule has 0 spiro atoms. The number of nitrogens with two attached hydrogens (primary N) is 3. The number of nitrogens with one attached hydrogen (secondary N) is 3. The molecule has 5 aromatic carbocycles. The zero-order chi connectivity index (χ0) is 44.7. The average molecular weight is 857 g/mol. The van der Waals surface area contributed by atoms with Gasteiger partial charge in [-0.1, -0.05) is 24.3 Å². The summed E-state index contributed by atoms with van der Waals surface area (Å²) in [4.78, 5) is 53.5. The maximum absolute atomic E-state index is 14.3. The summed E-state index contributed by atoms with van der Waals surface area (Å²) >= 11 is 0. The van der Waals surface area contributed by atoms with E-state index < -0.39 is 132 Å². The van der Waals surface area contributed by atoms with Gasteiger partial charge in [-0.3, -0.25) is 19.2 Å². The molecule has 22 heteroatoms. The van der Waals surface area contributed by atoms with E-state index in [4.69, 9.17) is 17.2 Å². The molecule has 0 unspecified atom stereocenters. The highest BCUT2D eigenvalue weighted by Gasteiger charge is 2.40. The van der Waals surface area contributed by atoms with E-state index in [-0.39, 0.29) is 6.07 Å². The third kappa shape index (κ3) is 9.37. The Kier molecular flexibility index (Phi) is 11.6. The third-order valence-corrected chi connectivity index (χ3v) is 8.48. The van der Waals surface area contributed by atoms with Gasteiger partial charge in [-0.2, -0.15) is 52.7 Å². The van der Waals surface area contributed by atoms with Crippen molar-refractivity contribution in [3.05, 3.63) is 136 Å². The summed E-state index contributed by atoms with van der Waals surface area (Å²) < 4.78 is 168. The molecule has 4 amide bonds. The number of carbonyl (C=O) groups is 4. The summed E-state index contributed by atoms with van der Waals surface area (Å²) in [5.74, 6) is -6.62. The van der Waals surface area contributed by atoms with Crippen LogP contribution in [0.1, 0.15) is 63.7 Å². The van der Waals surface area contributed by atoms with Gasteiger partial charge in [0.25, 0.3) is 17.7 Å². The molecule has 0 radical (unpaired) electrons. The van der Waals surface area contributed by atoms with Crippen LogP contribution < -0.4 is 33.2 Å². The molecule has 5 aromatic rings. The molecular formula is C38H24F12N6O4. The number of halogens is 12. The second-order valence-corrected chi connectivity index (χ2v) is 12.5. The van der Waals surface area contributed by atoms with Crippen molar-refractivity contribution in [1.29, 1.82) is 0 Å². The lowest BCUT2D eigenvalue weighted by atomic mass is 9.89. The molecule has 0 fully saturated rings. The Morgan fingerprint density at radius 3 is 1.50 bits per heavy atom. The van der Waals surface area contributed by atoms with Crippen molar-refractivity contribution in [3.63, 3.8) is 0 Å². The molecule has 0 aromatic heterocycles. The molecule has 60 heavy (non-hydrogen) atoms. The number of benzene rings is 5. The van der Waals surface area contributed by atoms with Gasteiger partial charge in [0.1, 0.15) is 0 Å². The monoisotopic (exact) mass is 856 g/mol. The van der Waals surface area contributed by atoms with E-state index in [1.165, 1.54) is 0 Å². The number of alkyl halides is 12. The highest BCUT2D eigenvalue weighted by atomic mass is 19.4. The predicted octanol–water partition coefficient (Wildman–Crippen LogP) is 9.45. The lowest BCUT2D eigenvalue weighted by Crippen LogP contribution is -2.26. The zero-order valence-corrected chi connectivity index (χ0v) is 29.6. The quantitative estimate of drug-likeness (QED) is 0.0668. The lowest BCUT2D eigenvalue weighted by molar-refractivity contribution is -0.138. The van der Waals surface area contributed by atoms with E-state index in [1.54, 1.807) is 5.32 Å². The molecule has 5 rings (SSSR count). The van der Waals surface area contributed by atoms with Crippen LogP contribution in [0.4, 0.5) is 81.1 Å². The Labute approximate surface area is 328 Å². The topological polar surface area (TPSA) is 182 Å². The molecule has 10 nitrogen and oxygen atoms in total. The Morgan fingerprint density at radius 2 is 0.917 bits per heavy atom. The van der Waals surface area contributed by atoms with E-state index >= 15 is 0 Å². The fourth-order valence-electron chi connectivity index (χ4n) is 5.89. The first-order valence-electron chi connectivity index (χ1n) is 16.4. The van der Waals surface area contributed by atoms with Crippen molar-refractivity contribution in [2.75, 3.05) is 27.4 Å². The van der Waals surface area contributed by atoms with E-state index in [0.29, 0.717) is 42.5 Å². The molecule has 0 aliphatic carbocycles. The molecule has 0 bridgehead atoms. The second-order valence-electron chi connectivity index (χ2n) is 12.5. The molecule has 0 heterocycles. The number of hydrogen-bond donors (Lipinski definition) is 6. The van der Waals surface area contributed by atoms with Crippen molar-refractivity contribution in [2.45, 2.75) is 24.7 Å². The van der Waals surface area contributed by atoms with Crippen molar-refractivity contribution in [3.8, 4) is 11.1 Å². The number of hydrogen-bond acceptors (Lipinski definition) is 6. The maximum Gasteiger partial charge on any atom is 0.418 e. The molecule has 0 aliphatic rings. The third-order valence-electron chi connectivity index (χ3n) is 8.48. The van der Waals surface area contributed by atoms with E-state index in [2.05, 4.69) is 0 Å². The SMILES string of the molecule is NC(=O)c1c(-c2ccc(N)cc2C(F)(F)F)ccc(NC(=O)c2ccc(C(=O)Nc3ccc(N)cc3C(F)(F)F)c(C(F)(F)F)c2)c1C(=O)Nc1ccccc1C(F)(F)F. The van der Waals surface area contributed by atoms with Crippen LogP contribution in [0.3, 0.4) is 0 Å². The van der Waals surface area contributed by atoms with Gasteiger partial charge in [-0.25, -0.2) is 0 Å². The normalized spacial score (nSPS) is 12.1. The summed E-state index contributed by atoms with van der Waals surface area (Å²) in [6.45, 7) is 0. The van der Waals surface area contributed by atoms with Crippen LogP contribution in [0.25, 0.3) is 11.1 Å². The van der Waals surface area contributed by atoms with Gasteiger partial charge < -0.3 is 33.2 Å². The van der Waals surface area contributed by atoms with E-state index in [1.807, 2.05) is 10.6 Å². The first-order chi connectivity index (χ1) is 27.7. The number of nitrogen functional groups attached to an aromatic ring is 2. The second kappa shape index (κ2) is 15.8. The van der Waals surface area contributed by atoms with Crippen LogP contribution in [0.5, 0.6) is 0 Å². The molecule has 9 N–H and O–H groups in total. The van der Waals surface area contributed by atoms with E-state index in [9.17, 15) is 71.9 Å². The highest BCUT2D eigenvalue weighted by Crippen LogP contribution is 2.43. The van der Waals surface area contributed by atoms with E-state index in [0.717, 1.165) is 42.5 Å². The summed E-state index contributed by atoms with van der Waals surface area (Å²) in [5, 5.41) is 5.57. The summed E-state index contributed by atoms with van der Waals surface area (Å²) in [5.41, 5.74) is 0.538. The number of rotatable bonds is 8. The first-order valence-corrected chi connectivity index (χ1v) is 16.4. The minimum Gasteiger partial charge on any atom is -0.399 e. The fourth-order valence-corrected chi connectivity index (χ4v) is 5.89. The van der Waals surface area contributed by atoms with Gasteiger partial charge in [0, 0.05) is 16.9 Å². The standard InChI is InChI=1S/C38H24F12N6O4/c39-35(40,41)22-3-1-2-4-26(22)55-34(60)30-28(12-10-20(29(30)31(53)57)19-9-6-17(51)14-24(19)37(45,46)47)56-32(58)16-5-8-21(23(13-16)36(42,43)44)33(59)54-27-11-7-18(52)15-25(27)38(48,49)50/h1-15H,51-52H2,(H2,53,57)(H,54,59)(H,55,60)(H,56,58). The molecule has 314 valence electrons. The van der Waals surface area contributed by atoms with Crippen molar-refractivity contribution >= 4 is 52.1 Å². The molecule has 0 atom stereocenters. The lowest BCUT2D eigenvalue weighted by Gasteiger charge is -2.21. The fraction of sp³-hybridized carbons (Fsp3) is 0.105. The van der Waals surface area contributed by atoms with Crippen molar-refractivity contribution in [2.24, 2.45) is 5.73 Å².